The lowest BCUT2D eigenvalue weighted by molar-refractivity contribution is 0.417. The van der Waals surface area contributed by atoms with E-state index in [0.717, 1.165) is 44.1 Å². The molecule has 0 amide bonds. The van der Waals surface area contributed by atoms with Crippen LogP contribution in [0.2, 0.25) is 0 Å². The van der Waals surface area contributed by atoms with E-state index in [0.29, 0.717) is 10.9 Å². The van der Waals surface area contributed by atoms with Crippen molar-refractivity contribution in [3.05, 3.63) is 78.9 Å². The average molecular weight is 398 g/mol. The van der Waals surface area contributed by atoms with E-state index >= 15 is 0 Å². The fourth-order valence-electron chi connectivity index (χ4n) is 3.63. The molecule has 142 valence electrons. The molecule has 0 saturated heterocycles. The molecule has 29 heavy (non-hydrogen) atoms. The summed E-state index contributed by atoms with van der Waals surface area (Å²) in [6.45, 7) is 0. The average Bonchev–Trinajstić information content (AvgIpc) is 3.10. The number of hydrogen-bond donors (Lipinski definition) is 2. The van der Waals surface area contributed by atoms with Crippen LogP contribution in [0.1, 0.15) is 0 Å². The number of ether oxygens (including phenoxy) is 1. The Morgan fingerprint density at radius 2 is 1.48 bits per heavy atom. The van der Waals surface area contributed by atoms with Crippen LogP contribution in [-0.4, -0.2) is 12.2 Å². The molecule has 5 aromatic rings. The first kappa shape index (κ1) is 17.5. The normalized spacial score (nSPS) is 11.1. The summed E-state index contributed by atoms with van der Waals surface area (Å²) in [5.74, 6) is 0.700. The standard InChI is InChI=1S/C24H18N2O2S/c1-27-23-13-18-17-10-4-5-12-21(17)28-22(18)14-20(23)26-24(29)25-19-11-6-8-15-7-2-3-9-16(15)19/h2-14H,1H3,(H2,25,26,29). The number of fused-ring (bicyclic) bond motifs is 4. The monoisotopic (exact) mass is 398 g/mol. The highest BCUT2D eigenvalue weighted by Gasteiger charge is 2.13. The van der Waals surface area contributed by atoms with Gasteiger partial charge < -0.3 is 19.8 Å². The second kappa shape index (κ2) is 7.11. The Labute approximate surface area is 173 Å². The zero-order valence-electron chi connectivity index (χ0n) is 15.7. The van der Waals surface area contributed by atoms with E-state index in [9.17, 15) is 0 Å². The number of rotatable bonds is 3. The molecule has 4 aromatic carbocycles. The van der Waals surface area contributed by atoms with Crippen LogP contribution in [-0.2, 0) is 0 Å². The minimum Gasteiger partial charge on any atom is -0.495 e. The largest absolute Gasteiger partial charge is 0.495 e. The van der Waals surface area contributed by atoms with Gasteiger partial charge in [-0.15, -0.1) is 0 Å². The molecule has 0 unspecified atom stereocenters. The number of furan rings is 1. The van der Waals surface area contributed by atoms with Gasteiger partial charge in [0.1, 0.15) is 16.9 Å². The highest BCUT2D eigenvalue weighted by atomic mass is 32.1. The van der Waals surface area contributed by atoms with Crippen LogP contribution in [0.15, 0.2) is 83.3 Å². The van der Waals surface area contributed by atoms with Gasteiger partial charge in [0.15, 0.2) is 5.11 Å². The van der Waals surface area contributed by atoms with Gasteiger partial charge in [-0.05, 0) is 35.8 Å². The smallest absolute Gasteiger partial charge is 0.175 e. The van der Waals surface area contributed by atoms with Crippen molar-refractivity contribution < 1.29 is 9.15 Å². The summed E-state index contributed by atoms with van der Waals surface area (Å²) < 4.78 is 11.6. The molecule has 1 aromatic heterocycles. The van der Waals surface area contributed by atoms with E-state index in [1.54, 1.807) is 7.11 Å². The molecule has 0 aliphatic rings. The number of anilines is 2. The van der Waals surface area contributed by atoms with Crippen LogP contribution in [0, 0.1) is 0 Å². The fourth-order valence-corrected chi connectivity index (χ4v) is 3.85. The van der Waals surface area contributed by atoms with Gasteiger partial charge in [-0.2, -0.15) is 0 Å². The van der Waals surface area contributed by atoms with Crippen molar-refractivity contribution in [1.29, 1.82) is 0 Å². The van der Waals surface area contributed by atoms with Crippen molar-refractivity contribution >= 4 is 61.4 Å². The lowest BCUT2D eigenvalue weighted by Crippen LogP contribution is -2.19. The summed E-state index contributed by atoms with van der Waals surface area (Å²) in [5, 5.41) is 11.4. The van der Waals surface area contributed by atoms with Crippen molar-refractivity contribution in [2.45, 2.75) is 0 Å². The molecule has 5 rings (SSSR count). The third kappa shape index (κ3) is 3.15. The highest BCUT2D eigenvalue weighted by Crippen LogP contribution is 2.36. The molecular formula is C24H18N2O2S. The summed E-state index contributed by atoms with van der Waals surface area (Å²) in [4.78, 5) is 0. The van der Waals surface area contributed by atoms with Gasteiger partial charge in [-0.1, -0.05) is 54.6 Å². The van der Waals surface area contributed by atoms with E-state index < -0.39 is 0 Å². The van der Waals surface area contributed by atoms with Gasteiger partial charge in [0.25, 0.3) is 0 Å². The number of para-hydroxylation sites is 1. The van der Waals surface area contributed by atoms with Gasteiger partial charge in [0.05, 0.1) is 12.8 Å². The topological polar surface area (TPSA) is 46.4 Å². The van der Waals surface area contributed by atoms with Crippen molar-refractivity contribution in [1.82, 2.24) is 0 Å². The van der Waals surface area contributed by atoms with E-state index in [-0.39, 0.29) is 0 Å². The summed E-state index contributed by atoms with van der Waals surface area (Å²) in [5.41, 5.74) is 3.32. The zero-order chi connectivity index (χ0) is 19.8. The van der Waals surface area contributed by atoms with Crippen molar-refractivity contribution in [2.24, 2.45) is 0 Å². The third-order valence-electron chi connectivity index (χ3n) is 4.98. The quantitative estimate of drug-likeness (QED) is 0.337. The minimum atomic E-state index is 0.482. The highest BCUT2D eigenvalue weighted by molar-refractivity contribution is 7.80. The number of thiocarbonyl (C=S) groups is 1. The Morgan fingerprint density at radius 3 is 2.34 bits per heavy atom. The molecule has 0 fully saturated rings. The predicted octanol–water partition coefficient (Wildman–Crippen LogP) is 6.56. The van der Waals surface area contributed by atoms with Crippen molar-refractivity contribution in [3.63, 3.8) is 0 Å². The van der Waals surface area contributed by atoms with E-state index in [1.165, 1.54) is 0 Å². The van der Waals surface area contributed by atoms with Gasteiger partial charge in [-0.25, -0.2) is 0 Å². The number of benzene rings is 4. The number of nitrogens with one attached hydrogen (secondary N) is 2. The molecule has 0 saturated carbocycles. The summed E-state index contributed by atoms with van der Waals surface area (Å²) in [6.07, 6.45) is 0. The minimum absolute atomic E-state index is 0.482. The maximum atomic E-state index is 5.99. The van der Waals surface area contributed by atoms with Crippen LogP contribution in [0.4, 0.5) is 11.4 Å². The first-order valence-electron chi connectivity index (χ1n) is 9.28. The fraction of sp³-hybridized carbons (Fsp3) is 0.0417. The SMILES string of the molecule is COc1cc2c(cc1NC(=S)Nc1cccc3ccccc13)oc1ccccc12. The van der Waals surface area contributed by atoms with Gasteiger partial charge >= 0.3 is 0 Å². The van der Waals surface area contributed by atoms with Gasteiger partial charge in [0, 0.05) is 27.9 Å². The van der Waals surface area contributed by atoms with E-state index in [1.807, 2.05) is 60.7 Å². The lowest BCUT2D eigenvalue weighted by atomic mass is 10.1. The molecule has 4 nitrogen and oxygen atoms in total. The maximum Gasteiger partial charge on any atom is 0.175 e. The molecule has 0 aliphatic carbocycles. The lowest BCUT2D eigenvalue weighted by Gasteiger charge is -2.15. The summed E-state index contributed by atoms with van der Waals surface area (Å²) in [6, 6.07) is 26.1. The Balaban J connectivity index is 1.49. The molecule has 1 heterocycles. The van der Waals surface area contributed by atoms with Crippen LogP contribution < -0.4 is 15.4 Å². The molecule has 0 bridgehead atoms. The molecule has 2 N–H and O–H groups in total. The molecular weight excluding hydrogens is 380 g/mol. The number of methoxy groups -OCH3 is 1. The van der Waals surface area contributed by atoms with Gasteiger partial charge in [0.2, 0.25) is 0 Å². The Kier molecular flexibility index (Phi) is 4.30. The van der Waals surface area contributed by atoms with Crippen LogP contribution >= 0.6 is 12.2 Å². The van der Waals surface area contributed by atoms with Crippen LogP contribution in [0.25, 0.3) is 32.7 Å². The molecule has 0 radical (unpaired) electrons. The molecule has 5 heteroatoms. The second-order valence-electron chi connectivity index (χ2n) is 6.75. The first-order chi connectivity index (χ1) is 14.2. The number of hydrogen-bond acceptors (Lipinski definition) is 3. The van der Waals surface area contributed by atoms with Crippen molar-refractivity contribution in [2.75, 3.05) is 17.7 Å². The van der Waals surface area contributed by atoms with Gasteiger partial charge in [-0.3, -0.25) is 0 Å². The Bertz CT molecular complexity index is 1370. The molecule has 0 atom stereocenters. The Morgan fingerprint density at radius 1 is 0.759 bits per heavy atom. The first-order valence-corrected chi connectivity index (χ1v) is 9.69. The summed E-state index contributed by atoms with van der Waals surface area (Å²) in [7, 11) is 1.65. The van der Waals surface area contributed by atoms with E-state index in [2.05, 4.69) is 28.8 Å². The molecule has 0 aliphatic heterocycles. The van der Waals surface area contributed by atoms with Crippen LogP contribution in [0.5, 0.6) is 5.75 Å². The van der Waals surface area contributed by atoms with Crippen LogP contribution in [0.3, 0.4) is 0 Å². The van der Waals surface area contributed by atoms with Crippen molar-refractivity contribution in [3.8, 4) is 5.75 Å². The third-order valence-corrected chi connectivity index (χ3v) is 5.19. The Hall–Kier alpha value is -3.57. The van der Waals surface area contributed by atoms with E-state index in [4.69, 9.17) is 21.4 Å². The molecule has 0 spiro atoms. The maximum absolute atomic E-state index is 5.99. The zero-order valence-corrected chi connectivity index (χ0v) is 16.5. The predicted molar refractivity (Wildman–Crippen MR) is 124 cm³/mol. The second-order valence-corrected chi connectivity index (χ2v) is 7.16. The summed E-state index contributed by atoms with van der Waals surface area (Å²) >= 11 is 5.57.